The number of hydrogen-bond donors (Lipinski definition) is 1. The van der Waals surface area contributed by atoms with Crippen molar-refractivity contribution in [2.24, 2.45) is 0 Å². The van der Waals surface area contributed by atoms with Crippen molar-refractivity contribution in [1.82, 2.24) is 0 Å². The third kappa shape index (κ3) is 3.11. The van der Waals surface area contributed by atoms with Crippen LogP contribution in [-0.2, 0) is 0 Å². The molecule has 1 nitrogen and oxygen atoms in total. The van der Waals surface area contributed by atoms with Gasteiger partial charge in [0.25, 0.3) is 0 Å². The first kappa shape index (κ1) is 18.1. The van der Waals surface area contributed by atoms with Crippen molar-refractivity contribution in [2.75, 3.05) is 0 Å². The first-order valence-electron chi connectivity index (χ1n) is 10.1. The predicted octanol–water partition coefficient (Wildman–Crippen LogP) is 7.78. The molecule has 0 radical (unpaired) electrons. The summed E-state index contributed by atoms with van der Waals surface area (Å²) >= 11 is 0. The highest BCUT2D eigenvalue weighted by Crippen LogP contribution is 2.54. The summed E-state index contributed by atoms with van der Waals surface area (Å²) in [4.78, 5) is 0. The summed E-state index contributed by atoms with van der Waals surface area (Å²) in [6.45, 7) is 0. The van der Waals surface area contributed by atoms with Gasteiger partial charge in [-0.1, -0.05) is 137 Å². The number of aromatic hydroxyl groups is 1. The number of hydrogen-bond acceptors (Lipinski definition) is 1. The molecule has 0 saturated carbocycles. The first-order valence-corrected chi connectivity index (χ1v) is 10.1. The van der Waals surface area contributed by atoms with E-state index in [4.69, 9.17) is 0 Å². The fraction of sp³-hybridized carbons (Fsp3) is 0. The topological polar surface area (TPSA) is 20.2 Å². The lowest BCUT2D eigenvalue weighted by atomic mass is 9.91. The molecule has 0 aliphatic carbocycles. The molecule has 0 aromatic heterocycles. The SMILES string of the molecule is Oc1c(-c2ccccc2)c(-c2ccccc2)c(-c2ccccc2)[c-]1-c1ccccc1. The smallest absolute Gasteiger partial charge is 0.0710 e. The zero-order valence-corrected chi connectivity index (χ0v) is 16.5. The van der Waals surface area contributed by atoms with Gasteiger partial charge in [0.15, 0.2) is 0 Å². The van der Waals surface area contributed by atoms with Gasteiger partial charge in [-0.2, -0.15) is 0 Å². The highest BCUT2D eigenvalue weighted by Gasteiger charge is 2.21. The van der Waals surface area contributed by atoms with Crippen LogP contribution in [0.25, 0.3) is 44.5 Å². The maximum absolute atomic E-state index is 11.6. The van der Waals surface area contributed by atoms with Crippen LogP contribution in [0.3, 0.4) is 0 Å². The van der Waals surface area contributed by atoms with Gasteiger partial charge >= 0.3 is 0 Å². The second-order valence-corrected chi connectivity index (χ2v) is 7.31. The molecule has 0 aliphatic heterocycles. The van der Waals surface area contributed by atoms with E-state index in [-0.39, 0.29) is 0 Å². The number of rotatable bonds is 4. The maximum Gasteiger partial charge on any atom is 0.0710 e. The first-order chi connectivity index (χ1) is 14.8. The molecule has 0 atom stereocenters. The van der Waals surface area contributed by atoms with E-state index in [0.717, 1.165) is 44.5 Å². The zero-order valence-electron chi connectivity index (χ0n) is 16.5. The molecule has 0 bridgehead atoms. The molecule has 0 aliphatic rings. The largest absolute Gasteiger partial charge is 0.520 e. The van der Waals surface area contributed by atoms with Gasteiger partial charge in [0, 0.05) is 0 Å². The lowest BCUT2D eigenvalue weighted by Gasteiger charge is -2.17. The molecule has 30 heavy (non-hydrogen) atoms. The number of benzene rings is 4. The molecule has 5 rings (SSSR count). The van der Waals surface area contributed by atoms with Crippen LogP contribution >= 0.6 is 0 Å². The van der Waals surface area contributed by atoms with Crippen LogP contribution in [0.4, 0.5) is 0 Å². The Morgan fingerprint density at radius 1 is 0.433 bits per heavy atom. The van der Waals surface area contributed by atoms with Crippen molar-refractivity contribution in [3.05, 3.63) is 121 Å². The molecule has 0 amide bonds. The van der Waals surface area contributed by atoms with Gasteiger partial charge in [-0.3, -0.25) is 0 Å². The van der Waals surface area contributed by atoms with E-state index >= 15 is 0 Å². The van der Waals surface area contributed by atoms with Crippen LogP contribution in [0.15, 0.2) is 121 Å². The molecular weight excluding hydrogens is 364 g/mol. The van der Waals surface area contributed by atoms with Crippen molar-refractivity contribution >= 4 is 0 Å². The van der Waals surface area contributed by atoms with E-state index in [1.807, 2.05) is 72.8 Å². The highest BCUT2D eigenvalue weighted by atomic mass is 16.3. The molecule has 0 unspecified atom stereocenters. The fourth-order valence-corrected chi connectivity index (χ4v) is 4.17. The average Bonchev–Trinajstić information content (AvgIpc) is 3.14. The normalized spacial score (nSPS) is 10.8. The quantitative estimate of drug-likeness (QED) is 0.313. The van der Waals surface area contributed by atoms with Gasteiger partial charge in [0.05, 0.1) is 5.75 Å². The van der Waals surface area contributed by atoms with E-state index in [1.54, 1.807) is 0 Å². The molecule has 144 valence electrons. The maximum atomic E-state index is 11.6. The lowest BCUT2D eigenvalue weighted by molar-refractivity contribution is 0.481. The van der Waals surface area contributed by atoms with E-state index < -0.39 is 0 Å². The Bertz CT molecular complexity index is 1150. The van der Waals surface area contributed by atoms with Gasteiger partial charge in [-0.15, -0.1) is 12.1 Å². The molecule has 5 aromatic carbocycles. The van der Waals surface area contributed by atoms with E-state index in [1.165, 1.54) is 0 Å². The summed E-state index contributed by atoms with van der Waals surface area (Å²) < 4.78 is 0. The zero-order chi connectivity index (χ0) is 20.3. The van der Waals surface area contributed by atoms with Gasteiger partial charge in [-0.05, 0) is 16.7 Å². The third-order valence-electron chi connectivity index (χ3n) is 5.47. The third-order valence-corrected chi connectivity index (χ3v) is 5.47. The molecule has 5 aromatic rings. The predicted molar refractivity (Wildman–Crippen MR) is 125 cm³/mol. The van der Waals surface area contributed by atoms with Crippen molar-refractivity contribution < 1.29 is 5.11 Å². The second-order valence-electron chi connectivity index (χ2n) is 7.31. The van der Waals surface area contributed by atoms with E-state index in [2.05, 4.69) is 48.5 Å². The van der Waals surface area contributed by atoms with E-state index in [0.29, 0.717) is 5.75 Å². The minimum absolute atomic E-state index is 0.324. The summed E-state index contributed by atoms with van der Waals surface area (Å²) in [5, 5.41) is 11.6. The van der Waals surface area contributed by atoms with Gasteiger partial charge < -0.3 is 5.11 Å². The summed E-state index contributed by atoms with van der Waals surface area (Å²) in [6, 6.07) is 41.0. The second kappa shape index (κ2) is 7.81. The van der Waals surface area contributed by atoms with Crippen molar-refractivity contribution in [3.63, 3.8) is 0 Å². The standard InChI is InChI=1S/C29H21O/c30-29-27(23-17-9-3-10-18-23)25(21-13-5-1-6-14-21)26(22-15-7-2-8-16-22)28(29)24-19-11-4-12-20-24/h1-20,30H/q-1. The molecule has 0 spiro atoms. The molecule has 1 heteroatoms. The van der Waals surface area contributed by atoms with Crippen LogP contribution in [0.1, 0.15) is 0 Å². The summed E-state index contributed by atoms with van der Waals surface area (Å²) in [7, 11) is 0. The molecule has 0 heterocycles. The molecule has 1 N–H and O–H groups in total. The van der Waals surface area contributed by atoms with Crippen molar-refractivity contribution in [3.8, 4) is 50.3 Å². The fourth-order valence-electron chi connectivity index (χ4n) is 4.17. The molecule has 0 fully saturated rings. The van der Waals surface area contributed by atoms with Crippen LogP contribution in [0, 0.1) is 0 Å². The summed E-state index contributed by atoms with van der Waals surface area (Å²) in [6.07, 6.45) is 0. The van der Waals surface area contributed by atoms with Crippen molar-refractivity contribution in [2.45, 2.75) is 0 Å². The van der Waals surface area contributed by atoms with E-state index in [9.17, 15) is 5.11 Å². The van der Waals surface area contributed by atoms with Crippen LogP contribution in [0.5, 0.6) is 5.75 Å². The Morgan fingerprint density at radius 3 is 1.33 bits per heavy atom. The monoisotopic (exact) mass is 385 g/mol. The highest BCUT2D eigenvalue weighted by molar-refractivity contribution is 6.09. The minimum atomic E-state index is 0.324. The van der Waals surface area contributed by atoms with Crippen LogP contribution in [-0.4, -0.2) is 5.11 Å². The van der Waals surface area contributed by atoms with Gasteiger partial charge in [-0.25, -0.2) is 0 Å². The molecule has 0 saturated heterocycles. The van der Waals surface area contributed by atoms with Gasteiger partial charge in [0.1, 0.15) is 0 Å². The molecular formula is C29H21O-. The Kier molecular flexibility index (Phi) is 4.71. The average molecular weight is 385 g/mol. The Labute approximate surface area is 176 Å². The summed E-state index contributed by atoms with van der Waals surface area (Å²) in [5.41, 5.74) is 8.06. The Morgan fingerprint density at radius 2 is 0.833 bits per heavy atom. The van der Waals surface area contributed by atoms with Crippen LogP contribution < -0.4 is 0 Å². The van der Waals surface area contributed by atoms with Gasteiger partial charge in [0.2, 0.25) is 0 Å². The minimum Gasteiger partial charge on any atom is -0.520 e. The Balaban J connectivity index is 1.95. The van der Waals surface area contributed by atoms with Crippen molar-refractivity contribution in [1.29, 1.82) is 0 Å². The summed E-state index contributed by atoms with van der Waals surface area (Å²) in [5.74, 6) is 0.324. The Hall–Kier alpha value is -3.97. The van der Waals surface area contributed by atoms with Crippen LogP contribution in [0.2, 0.25) is 0 Å². The lowest BCUT2D eigenvalue weighted by Crippen LogP contribution is -1.85.